The Morgan fingerprint density at radius 1 is 1.04 bits per heavy atom. The molecule has 2 rings (SSSR count). The van der Waals surface area contributed by atoms with Crippen molar-refractivity contribution in [2.75, 3.05) is 12.4 Å². The van der Waals surface area contributed by atoms with Crippen LogP contribution in [-0.4, -0.2) is 25.5 Å². The average Bonchev–Trinajstić information content (AvgIpc) is 2.56. The molecule has 0 saturated heterocycles. The molecular weight excluding hydrogens is 318 g/mol. The van der Waals surface area contributed by atoms with Gasteiger partial charge in [0, 0.05) is 18.3 Å². The number of nitrogens with one attached hydrogen (secondary N) is 2. The number of rotatable bonds is 6. The third-order valence-corrected chi connectivity index (χ3v) is 3.17. The van der Waals surface area contributed by atoms with Gasteiger partial charge in [0.1, 0.15) is 5.75 Å². The Bertz CT molecular complexity index is 701. The van der Waals surface area contributed by atoms with E-state index >= 15 is 0 Å². The first-order chi connectivity index (χ1) is 11.5. The van der Waals surface area contributed by atoms with Crippen molar-refractivity contribution in [2.45, 2.75) is 13.0 Å². The van der Waals surface area contributed by atoms with Crippen LogP contribution in [0.4, 0.5) is 14.5 Å². The van der Waals surface area contributed by atoms with Gasteiger partial charge in [0.2, 0.25) is 5.91 Å². The van der Waals surface area contributed by atoms with E-state index in [1.807, 2.05) is 0 Å². The number of halogens is 2. The summed E-state index contributed by atoms with van der Waals surface area (Å²) in [4.78, 5) is 23.4. The average molecular weight is 334 g/mol. The first-order valence-corrected chi connectivity index (χ1v) is 7.13. The summed E-state index contributed by atoms with van der Waals surface area (Å²) < 4.78 is 28.4. The summed E-state index contributed by atoms with van der Waals surface area (Å²) in [5, 5.41) is 5.21. The van der Waals surface area contributed by atoms with Crippen LogP contribution in [0.15, 0.2) is 48.5 Å². The molecule has 0 fully saturated rings. The first kappa shape index (κ1) is 17.4. The Hall–Kier alpha value is -2.96. The summed E-state index contributed by atoms with van der Waals surface area (Å²) in [6.07, 6.45) is 0.0894. The molecule has 0 aliphatic heterocycles. The van der Waals surface area contributed by atoms with E-state index in [4.69, 9.17) is 0 Å². The molecule has 5 nitrogen and oxygen atoms in total. The maximum atomic E-state index is 12.1. The van der Waals surface area contributed by atoms with Crippen LogP contribution in [0.5, 0.6) is 5.75 Å². The molecular formula is C17H16F2N2O3. The van der Waals surface area contributed by atoms with Gasteiger partial charge in [-0.25, -0.2) is 0 Å². The minimum absolute atomic E-state index is 0.0407. The number of hydrogen-bond donors (Lipinski definition) is 2. The molecule has 0 aliphatic rings. The zero-order chi connectivity index (χ0) is 17.5. The van der Waals surface area contributed by atoms with Gasteiger partial charge in [-0.05, 0) is 42.0 Å². The van der Waals surface area contributed by atoms with E-state index in [1.165, 1.54) is 19.2 Å². The van der Waals surface area contributed by atoms with Gasteiger partial charge >= 0.3 is 6.61 Å². The lowest BCUT2D eigenvalue weighted by Crippen LogP contribution is -2.18. The fourth-order valence-electron chi connectivity index (χ4n) is 2.03. The summed E-state index contributed by atoms with van der Waals surface area (Å²) in [6, 6.07) is 12.3. The van der Waals surface area contributed by atoms with Gasteiger partial charge in [-0.1, -0.05) is 12.1 Å². The normalized spacial score (nSPS) is 10.3. The summed E-state index contributed by atoms with van der Waals surface area (Å²) in [6.45, 7) is -2.88. The molecule has 2 aromatic rings. The number of alkyl halides is 2. The zero-order valence-electron chi connectivity index (χ0n) is 12.9. The molecule has 0 atom stereocenters. The molecule has 0 aromatic heterocycles. The summed E-state index contributed by atoms with van der Waals surface area (Å²) in [5.41, 5.74) is 1.71. The van der Waals surface area contributed by atoms with Crippen molar-refractivity contribution in [3.8, 4) is 5.75 Å². The fourth-order valence-corrected chi connectivity index (χ4v) is 2.03. The number of hydrogen-bond acceptors (Lipinski definition) is 3. The van der Waals surface area contributed by atoms with Gasteiger partial charge in [-0.3, -0.25) is 9.59 Å². The third kappa shape index (κ3) is 5.05. The second-order valence-electron chi connectivity index (χ2n) is 4.90. The molecule has 2 aromatic carbocycles. The Kier molecular flexibility index (Phi) is 5.83. The Balaban J connectivity index is 1.92. The molecule has 0 saturated carbocycles. The lowest BCUT2D eigenvalue weighted by molar-refractivity contribution is -0.115. The molecule has 126 valence electrons. The monoisotopic (exact) mass is 334 g/mol. The van der Waals surface area contributed by atoms with Crippen molar-refractivity contribution in [1.29, 1.82) is 0 Å². The number of ether oxygens (including phenoxy) is 1. The molecule has 0 heterocycles. The van der Waals surface area contributed by atoms with Crippen molar-refractivity contribution in [3.63, 3.8) is 0 Å². The minimum Gasteiger partial charge on any atom is -0.435 e. The van der Waals surface area contributed by atoms with E-state index in [0.717, 1.165) is 0 Å². The van der Waals surface area contributed by atoms with Gasteiger partial charge in [-0.2, -0.15) is 8.78 Å². The predicted octanol–water partition coefficient (Wildman–Crippen LogP) is 2.83. The van der Waals surface area contributed by atoms with E-state index in [9.17, 15) is 18.4 Å². The van der Waals surface area contributed by atoms with Crippen LogP contribution >= 0.6 is 0 Å². The molecule has 0 radical (unpaired) electrons. The highest BCUT2D eigenvalue weighted by atomic mass is 19.3. The number of carbonyl (C=O) groups excluding carboxylic acids is 2. The predicted molar refractivity (Wildman–Crippen MR) is 85.2 cm³/mol. The van der Waals surface area contributed by atoms with Crippen LogP contribution in [0.2, 0.25) is 0 Å². The van der Waals surface area contributed by atoms with Crippen LogP contribution in [-0.2, 0) is 11.2 Å². The molecule has 24 heavy (non-hydrogen) atoms. The molecule has 2 amide bonds. The molecule has 0 unspecified atom stereocenters. The van der Waals surface area contributed by atoms with Crippen molar-refractivity contribution < 1.29 is 23.1 Å². The molecule has 0 bridgehead atoms. The zero-order valence-corrected chi connectivity index (χ0v) is 12.9. The van der Waals surface area contributed by atoms with Crippen LogP contribution in [0.25, 0.3) is 0 Å². The van der Waals surface area contributed by atoms with Crippen molar-refractivity contribution in [3.05, 3.63) is 59.7 Å². The van der Waals surface area contributed by atoms with Gasteiger partial charge < -0.3 is 15.4 Å². The minimum atomic E-state index is -2.88. The second-order valence-corrected chi connectivity index (χ2v) is 4.90. The summed E-state index contributed by atoms with van der Waals surface area (Å²) in [5.74, 6) is -0.428. The second kappa shape index (κ2) is 8.05. The van der Waals surface area contributed by atoms with E-state index in [-0.39, 0.29) is 24.0 Å². The van der Waals surface area contributed by atoms with E-state index in [0.29, 0.717) is 16.8 Å². The van der Waals surface area contributed by atoms with Crippen LogP contribution in [0.1, 0.15) is 15.9 Å². The molecule has 7 heteroatoms. The fraction of sp³-hybridized carbons (Fsp3) is 0.176. The van der Waals surface area contributed by atoms with Crippen LogP contribution in [0.3, 0.4) is 0 Å². The van der Waals surface area contributed by atoms with Gasteiger partial charge in [0.15, 0.2) is 0 Å². The van der Waals surface area contributed by atoms with Crippen molar-refractivity contribution in [1.82, 2.24) is 5.32 Å². The van der Waals surface area contributed by atoms with Gasteiger partial charge in [0.25, 0.3) is 5.91 Å². The highest BCUT2D eigenvalue weighted by molar-refractivity contribution is 5.96. The number of amides is 2. The van der Waals surface area contributed by atoms with Crippen molar-refractivity contribution >= 4 is 17.5 Å². The Labute approximate surface area is 137 Å². The van der Waals surface area contributed by atoms with Gasteiger partial charge in [0.05, 0.1) is 6.42 Å². The highest BCUT2D eigenvalue weighted by Crippen LogP contribution is 2.16. The maximum Gasteiger partial charge on any atom is 0.387 e. The number of carbonyl (C=O) groups is 2. The van der Waals surface area contributed by atoms with Crippen LogP contribution in [0, 0.1) is 0 Å². The SMILES string of the molecule is CNC(=O)c1ccc(NC(=O)Cc2ccc(OC(F)F)cc2)cc1. The number of benzene rings is 2. The van der Waals surface area contributed by atoms with Gasteiger partial charge in [-0.15, -0.1) is 0 Å². The standard InChI is InChI=1S/C17H16F2N2O3/c1-20-16(23)12-4-6-13(7-5-12)21-15(22)10-11-2-8-14(9-3-11)24-17(18)19/h2-9,17H,10H2,1H3,(H,20,23)(H,21,22). The quantitative estimate of drug-likeness (QED) is 0.854. The lowest BCUT2D eigenvalue weighted by Gasteiger charge is -2.08. The molecule has 2 N–H and O–H groups in total. The largest absolute Gasteiger partial charge is 0.435 e. The summed E-state index contributed by atoms with van der Waals surface area (Å²) >= 11 is 0. The summed E-state index contributed by atoms with van der Waals surface area (Å²) in [7, 11) is 1.54. The van der Waals surface area contributed by atoms with E-state index in [2.05, 4.69) is 15.4 Å². The third-order valence-electron chi connectivity index (χ3n) is 3.17. The maximum absolute atomic E-state index is 12.1. The molecule has 0 aliphatic carbocycles. The highest BCUT2D eigenvalue weighted by Gasteiger charge is 2.08. The topological polar surface area (TPSA) is 67.4 Å². The lowest BCUT2D eigenvalue weighted by atomic mass is 10.1. The Morgan fingerprint density at radius 2 is 1.67 bits per heavy atom. The van der Waals surface area contributed by atoms with E-state index < -0.39 is 6.61 Å². The van der Waals surface area contributed by atoms with Crippen LogP contribution < -0.4 is 15.4 Å². The molecule has 0 spiro atoms. The Morgan fingerprint density at radius 3 is 2.21 bits per heavy atom. The van der Waals surface area contributed by atoms with Crippen molar-refractivity contribution in [2.24, 2.45) is 0 Å². The smallest absolute Gasteiger partial charge is 0.387 e. The first-order valence-electron chi connectivity index (χ1n) is 7.13. The van der Waals surface area contributed by atoms with E-state index in [1.54, 1.807) is 36.4 Å². The number of anilines is 1.